The third-order valence-corrected chi connectivity index (χ3v) is 5.97. The van der Waals surface area contributed by atoms with Crippen molar-refractivity contribution in [3.8, 4) is 0 Å². The molecule has 2 atom stereocenters. The van der Waals surface area contributed by atoms with E-state index in [1.807, 2.05) is 42.3 Å². The summed E-state index contributed by atoms with van der Waals surface area (Å²) in [5.74, 6) is 0.556. The maximum Gasteiger partial charge on any atom is 0.328 e. The molecule has 3 aliphatic rings. The standard InChI is InChI=1S/C20H28N6O3/c1-22-16-17(21-19(22)25-10-8-24(9-11-25)12-13-27)23(2)20(29)26(18(16)28)14-15-6-4-3-5-7-15/h3-7,16-17,27H,8-14H2,1-2H3. The van der Waals surface area contributed by atoms with Crippen molar-refractivity contribution in [1.82, 2.24) is 24.5 Å². The molecule has 0 spiro atoms. The molecule has 1 N–H and O–H groups in total. The van der Waals surface area contributed by atoms with Gasteiger partial charge in [-0.05, 0) is 5.56 Å². The van der Waals surface area contributed by atoms with Gasteiger partial charge in [-0.25, -0.2) is 9.79 Å². The molecule has 4 rings (SSSR count). The highest BCUT2D eigenvalue weighted by Crippen LogP contribution is 2.29. The van der Waals surface area contributed by atoms with Crippen LogP contribution in [0.3, 0.4) is 0 Å². The van der Waals surface area contributed by atoms with Gasteiger partial charge in [-0.2, -0.15) is 0 Å². The lowest BCUT2D eigenvalue weighted by molar-refractivity contribution is -0.137. The van der Waals surface area contributed by atoms with Crippen LogP contribution in [0.25, 0.3) is 0 Å². The zero-order chi connectivity index (χ0) is 20.5. The van der Waals surface area contributed by atoms with Gasteiger partial charge in [0, 0.05) is 46.8 Å². The average molecular weight is 400 g/mol. The second-order valence-electron chi connectivity index (χ2n) is 7.75. The second kappa shape index (κ2) is 8.00. The van der Waals surface area contributed by atoms with Gasteiger partial charge in [0.15, 0.2) is 18.2 Å². The van der Waals surface area contributed by atoms with Crippen molar-refractivity contribution in [3.63, 3.8) is 0 Å². The highest BCUT2D eigenvalue weighted by Gasteiger charge is 2.51. The Kier molecular flexibility index (Phi) is 5.42. The first-order valence-electron chi connectivity index (χ1n) is 10.0. The quantitative estimate of drug-likeness (QED) is 0.747. The van der Waals surface area contributed by atoms with Gasteiger partial charge in [-0.1, -0.05) is 30.3 Å². The Balaban J connectivity index is 1.50. The van der Waals surface area contributed by atoms with E-state index < -0.39 is 12.2 Å². The molecule has 0 aliphatic carbocycles. The van der Waals surface area contributed by atoms with Gasteiger partial charge in [-0.3, -0.25) is 14.6 Å². The predicted octanol–water partition coefficient (Wildman–Crippen LogP) is -0.313. The number of β-amino-alcohol motifs (C(OH)–C–C–N with tert-alkyl or cyclic N) is 1. The van der Waals surface area contributed by atoms with Crippen molar-refractivity contribution < 1.29 is 14.7 Å². The van der Waals surface area contributed by atoms with E-state index in [9.17, 15) is 9.59 Å². The highest BCUT2D eigenvalue weighted by atomic mass is 16.3. The highest BCUT2D eigenvalue weighted by molar-refractivity contribution is 6.03. The first kappa shape index (κ1) is 19.7. The molecule has 3 amide bonds. The summed E-state index contributed by atoms with van der Waals surface area (Å²) in [6.07, 6.45) is -0.502. The molecular formula is C20H28N6O3. The average Bonchev–Trinajstić information content (AvgIpc) is 3.09. The van der Waals surface area contributed by atoms with Crippen LogP contribution in [-0.4, -0.2) is 113 Å². The monoisotopic (exact) mass is 400 g/mol. The van der Waals surface area contributed by atoms with E-state index in [0.29, 0.717) is 6.54 Å². The molecule has 1 aromatic rings. The van der Waals surface area contributed by atoms with Crippen LogP contribution in [0.2, 0.25) is 0 Å². The smallest absolute Gasteiger partial charge is 0.328 e. The number of likely N-dealkylation sites (N-methyl/N-ethyl adjacent to an activating group) is 2. The minimum absolute atomic E-state index is 0.156. The number of rotatable bonds is 4. The number of nitrogens with zero attached hydrogens (tertiary/aromatic N) is 6. The number of hydrogen-bond acceptors (Lipinski definition) is 7. The number of imide groups is 1. The second-order valence-corrected chi connectivity index (χ2v) is 7.75. The first-order chi connectivity index (χ1) is 14.0. The zero-order valence-corrected chi connectivity index (χ0v) is 16.9. The molecular weight excluding hydrogens is 372 g/mol. The summed E-state index contributed by atoms with van der Waals surface area (Å²) in [4.78, 5) is 40.1. The van der Waals surface area contributed by atoms with Gasteiger partial charge in [0.05, 0.1) is 13.2 Å². The number of fused-ring (bicyclic) bond motifs is 1. The molecule has 0 aromatic heterocycles. The number of amides is 3. The van der Waals surface area contributed by atoms with E-state index in [4.69, 9.17) is 10.1 Å². The fourth-order valence-electron chi connectivity index (χ4n) is 4.28. The Labute approximate surface area is 170 Å². The molecule has 3 aliphatic heterocycles. The van der Waals surface area contributed by atoms with Crippen LogP contribution in [0.1, 0.15) is 5.56 Å². The summed E-state index contributed by atoms with van der Waals surface area (Å²) in [6, 6.07) is 8.73. The lowest BCUT2D eigenvalue weighted by atomic mass is 10.1. The number of guanidine groups is 1. The fraction of sp³-hybridized carbons (Fsp3) is 0.550. The third-order valence-electron chi connectivity index (χ3n) is 5.97. The molecule has 156 valence electrons. The van der Waals surface area contributed by atoms with Crippen molar-refractivity contribution in [3.05, 3.63) is 35.9 Å². The summed E-state index contributed by atoms with van der Waals surface area (Å²) in [5.41, 5.74) is 0.919. The van der Waals surface area contributed by atoms with Crippen molar-refractivity contribution in [1.29, 1.82) is 0 Å². The van der Waals surface area contributed by atoms with E-state index in [2.05, 4.69) is 9.80 Å². The van der Waals surface area contributed by atoms with Crippen molar-refractivity contribution in [2.24, 2.45) is 4.99 Å². The number of piperazine rings is 1. The number of aliphatic hydroxyl groups excluding tert-OH is 1. The van der Waals surface area contributed by atoms with Gasteiger partial charge in [0.1, 0.15) is 0 Å². The number of aliphatic hydroxyl groups is 1. The van der Waals surface area contributed by atoms with Crippen molar-refractivity contribution in [2.45, 2.75) is 18.8 Å². The van der Waals surface area contributed by atoms with Crippen LogP contribution < -0.4 is 0 Å². The summed E-state index contributed by atoms with van der Waals surface area (Å²) in [5, 5.41) is 9.13. The van der Waals surface area contributed by atoms with E-state index in [1.165, 1.54) is 4.90 Å². The maximum atomic E-state index is 13.3. The Morgan fingerprint density at radius 3 is 2.38 bits per heavy atom. The van der Waals surface area contributed by atoms with Gasteiger partial charge in [0.25, 0.3) is 5.91 Å². The van der Waals surface area contributed by atoms with Crippen LogP contribution in [0.4, 0.5) is 4.79 Å². The minimum atomic E-state index is -0.508. The molecule has 0 radical (unpaired) electrons. The first-order valence-corrected chi connectivity index (χ1v) is 10.0. The summed E-state index contributed by atoms with van der Waals surface area (Å²) in [7, 11) is 3.59. The topological polar surface area (TPSA) is 82.9 Å². The van der Waals surface area contributed by atoms with E-state index in [1.54, 1.807) is 11.9 Å². The summed E-state index contributed by atoms with van der Waals surface area (Å²) < 4.78 is 0. The third kappa shape index (κ3) is 3.56. The number of hydrogen-bond donors (Lipinski definition) is 1. The number of carbonyl (C=O) groups is 2. The summed E-state index contributed by atoms with van der Waals surface area (Å²) in [6.45, 7) is 4.33. The van der Waals surface area contributed by atoms with Crippen molar-refractivity contribution in [2.75, 3.05) is 53.4 Å². The minimum Gasteiger partial charge on any atom is -0.395 e. The van der Waals surface area contributed by atoms with Gasteiger partial charge in [0.2, 0.25) is 0 Å². The Morgan fingerprint density at radius 2 is 1.72 bits per heavy atom. The van der Waals surface area contributed by atoms with Gasteiger partial charge >= 0.3 is 6.03 Å². The zero-order valence-electron chi connectivity index (χ0n) is 16.9. The Hall–Kier alpha value is -2.65. The Morgan fingerprint density at radius 1 is 1.03 bits per heavy atom. The van der Waals surface area contributed by atoms with E-state index >= 15 is 0 Å². The number of urea groups is 1. The molecule has 0 saturated carbocycles. The number of aliphatic imine (C=N–C) groups is 1. The Bertz CT molecular complexity index is 793. The largest absolute Gasteiger partial charge is 0.395 e. The van der Waals surface area contributed by atoms with Gasteiger partial charge in [-0.15, -0.1) is 0 Å². The van der Waals surface area contributed by atoms with Crippen LogP contribution in [0.5, 0.6) is 0 Å². The lowest BCUT2D eigenvalue weighted by Crippen LogP contribution is -2.64. The SMILES string of the molecule is CN1C(=O)N(Cc2ccccc2)C(=O)C2C1N=C(N1CCN(CCO)CC1)N2C. The van der Waals surface area contributed by atoms with Crippen LogP contribution in [-0.2, 0) is 11.3 Å². The predicted molar refractivity (Wildman–Crippen MR) is 108 cm³/mol. The van der Waals surface area contributed by atoms with Gasteiger partial charge < -0.3 is 19.8 Å². The fourth-order valence-corrected chi connectivity index (χ4v) is 4.28. The van der Waals surface area contributed by atoms with E-state index in [-0.39, 0.29) is 25.1 Å². The number of carbonyl (C=O) groups excluding carboxylic acids is 2. The normalized spacial score (nSPS) is 25.6. The molecule has 2 fully saturated rings. The van der Waals surface area contributed by atoms with Crippen LogP contribution in [0.15, 0.2) is 35.3 Å². The van der Waals surface area contributed by atoms with Crippen LogP contribution >= 0.6 is 0 Å². The molecule has 29 heavy (non-hydrogen) atoms. The molecule has 3 heterocycles. The van der Waals surface area contributed by atoms with E-state index in [0.717, 1.165) is 37.7 Å². The molecule has 2 saturated heterocycles. The summed E-state index contributed by atoms with van der Waals surface area (Å²) >= 11 is 0. The molecule has 9 heteroatoms. The molecule has 1 aromatic carbocycles. The van der Waals surface area contributed by atoms with Crippen molar-refractivity contribution >= 4 is 17.9 Å². The van der Waals surface area contributed by atoms with Crippen LogP contribution in [0, 0.1) is 0 Å². The molecule has 2 unspecified atom stereocenters. The maximum absolute atomic E-state index is 13.3. The number of benzene rings is 1. The molecule has 9 nitrogen and oxygen atoms in total. The molecule has 0 bridgehead atoms. The lowest BCUT2D eigenvalue weighted by Gasteiger charge is -2.41.